The van der Waals surface area contributed by atoms with Crippen LogP contribution in [0.3, 0.4) is 0 Å². The SMILES string of the molecule is O=C(COc1ccc(F)cc1)N/N=C\C=C\c1cn(Cc2ccccc2)nn1. The minimum Gasteiger partial charge on any atom is -0.484 e. The van der Waals surface area contributed by atoms with Crippen LogP contribution in [0.2, 0.25) is 0 Å². The number of ether oxygens (including phenoxy) is 1. The molecule has 0 radical (unpaired) electrons. The summed E-state index contributed by atoms with van der Waals surface area (Å²) in [6, 6.07) is 15.4. The van der Waals surface area contributed by atoms with Crippen LogP contribution >= 0.6 is 0 Å². The molecule has 3 rings (SSSR count). The van der Waals surface area contributed by atoms with Crippen LogP contribution in [-0.2, 0) is 11.3 Å². The second kappa shape index (κ2) is 9.77. The molecule has 142 valence electrons. The van der Waals surface area contributed by atoms with Gasteiger partial charge in [-0.05, 0) is 42.0 Å². The lowest BCUT2D eigenvalue weighted by Gasteiger charge is -2.04. The summed E-state index contributed by atoms with van der Waals surface area (Å²) in [4.78, 5) is 11.6. The number of aromatic nitrogens is 3. The lowest BCUT2D eigenvalue weighted by Crippen LogP contribution is -2.24. The fourth-order valence-corrected chi connectivity index (χ4v) is 2.24. The molecule has 0 aliphatic heterocycles. The molecule has 1 heterocycles. The molecule has 0 fully saturated rings. The predicted octanol–water partition coefficient (Wildman–Crippen LogP) is 2.66. The van der Waals surface area contributed by atoms with E-state index in [4.69, 9.17) is 4.74 Å². The number of hydrogen-bond acceptors (Lipinski definition) is 5. The van der Waals surface area contributed by atoms with E-state index in [0.29, 0.717) is 18.0 Å². The lowest BCUT2D eigenvalue weighted by atomic mass is 10.2. The van der Waals surface area contributed by atoms with Gasteiger partial charge in [0.1, 0.15) is 17.3 Å². The van der Waals surface area contributed by atoms with Crippen molar-refractivity contribution in [2.75, 3.05) is 6.61 Å². The van der Waals surface area contributed by atoms with E-state index in [1.807, 2.05) is 36.5 Å². The number of nitrogens with one attached hydrogen (secondary N) is 1. The summed E-state index contributed by atoms with van der Waals surface area (Å²) in [6.45, 7) is 0.417. The Kier molecular flexibility index (Phi) is 6.62. The molecular formula is C20H18FN5O2. The maximum atomic E-state index is 12.8. The molecule has 7 nitrogen and oxygen atoms in total. The van der Waals surface area contributed by atoms with Gasteiger partial charge in [-0.15, -0.1) is 5.10 Å². The van der Waals surface area contributed by atoms with E-state index in [0.717, 1.165) is 5.56 Å². The van der Waals surface area contributed by atoms with Gasteiger partial charge in [-0.3, -0.25) is 4.79 Å². The number of hydrogen-bond donors (Lipinski definition) is 1. The van der Waals surface area contributed by atoms with Crippen LogP contribution in [0, 0.1) is 5.82 Å². The Bertz CT molecular complexity index is 952. The Labute approximate surface area is 161 Å². The zero-order valence-electron chi connectivity index (χ0n) is 14.9. The highest BCUT2D eigenvalue weighted by atomic mass is 19.1. The molecule has 3 aromatic rings. The number of nitrogens with zero attached hydrogens (tertiary/aromatic N) is 4. The molecule has 0 saturated heterocycles. The van der Waals surface area contributed by atoms with Crippen molar-refractivity contribution < 1.29 is 13.9 Å². The standard InChI is InChI=1S/C20H18FN5O2/c21-17-8-10-19(11-9-17)28-15-20(27)24-22-12-4-7-18-14-26(25-23-18)13-16-5-2-1-3-6-16/h1-12,14H,13,15H2,(H,24,27)/b7-4+,22-12-. The third-order valence-electron chi connectivity index (χ3n) is 3.54. The van der Waals surface area contributed by atoms with Crippen LogP contribution < -0.4 is 10.2 Å². The number of halogens is 1. The Morgan fingerprint density at radius 2 is 1.96 bits per heavy atom. The molecule has 0 bridgehead atoms. The van der Waals surface area contributed by atoms with E-state index >= 15 is 0 Å². The van der Waals surface area contributed by atoms with Crippen LogP contribution in [0.25, 0.3) is 6.08 Å². The van der Waals surface area contributed by atoms with Crippen molar-refractivity contribution >= 4 is 18.2 Å². The van der Waals surface area contributed by atoms with Crippen molar-refractivity contribution in [1.82, 2.24) is 20.4 Å². The molecule has 0 unspecified atom stereocenters. The highest BCUT2D eigenvalue weighted by molar-refractivity contribution is 5.81. The topological polar surface area (TPSA) is 81.4 Å². The Balaban J connectivity index is 1.40. The third kappa shape index (κ3) is 6.17. The van der Waals surface area contributed by atoms with Crippen molar-refractivity contribution in [3.05, 3.63) is 83.9 Å². The van der Waals surface area contributed by atoms with Crippen LogP contribution in [0.5, 0.6) is 5.75 Å². The zero-order chi connectivity index (χ0) is 19.6. The van der Waals surface area contributed by atoms with Gasteiger partial charge in [0.25, 0.3) is 5.91 Å². The Hall–Kier alpha value is -3.81. The maximum absolute atomic E-state index is 12.8. The fourth-order valence-electron chi connectivity index (χ4n) is 2.24. The molecule has 1 N–H and O–H groups in total. The van der Waals surface area contributed by atoms with Gasteiger partial charge in [0.15, 0.2) is 6.61 Å². The minimum absolute atomic E-state index is 0.222. The second-order valence-electron chi connectivity index (χ2n) is 5.74. The highest BCUT2D eigenvalue weighted by Gasteiger charge is 2.01. The van der Waals surface area contributed by atoms with E-state index in [2.05, 4.69) is 20.8 Å². The fraction of sp³-hybridized carbons (Fsp3) is 0.100. The molecule has 2 aromatic carbocycles. The van der Waals surface area contributed by atoms with Crippen molar-refractivity contribution in [2.24, 2.45) is 5.10 Å². The number of hydrazone groups is 1. The number of rotatable bonds is 8. The number of carbonyl (C=O) groups is 1. The summed E-state index contributed by atoms with van der Waals surface area (Å²) in [7, 11) is 0. The molecule has 8 heteroatoms. The van der Waals surface area contributed by atoms with Crippen LogP contribution in [0.4, 0.5) is 4.39 Å². The van der Waals surface area contributed by atoms with Gasteiger partial charge in [-0.25, -0.2) is 14.5 Å². The average Bonchev–Trinajstić information content (AvgIpc) is 3.15. The second-order valence-corrected chi connectivity index (χ2v) is 5.74. The summed E-state index contributed by atoms with van der Waals surface area (Å²) in [6.07, 6.45) is 6.59. The van der Waals surface area contributed by atoms with Gasteiger partial charge < -0.3 is 4.74 Å². The number of benzene rings is 2. The molecule has 1 aromatic heterocycles. The largest absolute Gasteiger partial charge is 0.484 e. The molecule has 0 saturated carbocycles. The van der Waals surface area contributed by atoms with Gasteiger partial charge in [0.05, 0.1) is 12.7 Å². The average molecular weight is 379 g/mol. The van der Waals surface area contributed by atoms with E-state index in [1.54, 1.807) is 16.8 Å². The maximum Gasteiger partial charge on any atom is 0.277 e. The number of allylic oxidation sites excluding steroid dienone is 1. The first kappa shape index (κ1) is 19.0. The molecule has 0 aliphatic rings. The zero-order valence-corrected chi connectivity index (χ0v) is 14.9. The number of amides is 1. The first-order chi connectivity index (χ1) is 13.7. The first-order valence-electron chi connectivity index (χ1n) is 8.50. The Morgan fingerprint density at radius 3 is 2.75 bits per heavy atom. The Morgan fingerprint density at radius 1 is 1.18 bits per heavy atom. The molecule has 0 aliphatic carbocycles. The summed E-state index contributed by atoms with van der Waals surface area (Å²) in [5.74, 6) is -0.393. The van der Waals surface area contributed by atoms with E-state index in [-0.39, 0.29) is 12.4 Å². The lowest BCUT2D eigenvalue weighted by molar-refractivity contribution is -0.123. The molecule has 0 spiro atoms. The molecular weight excluding hydrogens is 361 g/mol. The van der Waals surface area contributed by atoms with E-state index in [1.165, 1.54) is 30.5 Å². The van der Waals surface area contributed by atoms with Crippen LogP contribution in [0.1, 0.15) is 11.3 Å². The third-order valence-corrected chi connectivity index (χ3v) is 3.54. The van der Waals surface area contributed by atoms with Crippen molar-refractivity contribution in [2.45, 2.75) is 6.54 Å². The smallest absolute Gasteiger partial charge is 0.277 e. The molecule has 28 heavy (non-hydrogen) atoms. The van der Waals surface area contributed by atoms with Gasteiger partial charge in [-0.1, -0.05) is 35.5 Å². The van der Waals surface area contributed by atoms with Crippen LogP contribution in [0.15, 0.2) is 72.0 Å². The molecule has 1 amide bonds. The van der Waals surface area contributed by atoms with Gasteiger partial charge >= 0.3 is 0 Å². The predicted molar refractivity (Wildman–Crippen MR) is 103 cm³/mol. The van der Waals surface area contributed by atoms with Crippen molar-refractivity contribution in [3.63, 3.8) is 0 Å². The summed E-state index contributed by atoms with van der Waals surface area (Å²) in [5, 5.41) is 11.9. The summed E-state index contributed by atoms with van der Waals surface area (Å²) in [5.41, 5.74) is 4.14. The van der Waals surface area contributed by atoms with E-state index in [9.17, 15) is 9.18 Å². The van der Waals surface area contributed by atoms with Crippen molar-refractivity contribution in [3.8, 4) is 5.75 Å². The van der Waals surface area contributed by atoms with Crippen molar-refractivity contribution in [1.29, 1.82) is 0 Å². The van der Waals surface area contributed by atoms with Gasteiger partial charge in [0.2, 0.25) is 0 Å². The first-order valence-corrected chi connectivity index (χ1v) is 8.50. The van der Waals surface area contributed by atoms with Gasteiger partial charge in [0, 0.05) is 6.21 Å². The quantitative estimate of drug-likeness (QED) is 0.482. The van der Waals surface area contributed by atoms with Gasteiger partial charge in [-0.2, -0.15) is 5.10 Å². The molecule has 0 atom stereocenters. The number of carbonyl (C=O) groups excluding carboxylic acids is 1. The normalized spacial score (nSPS) is 11.2. The van der Waals surface area contributed by atoms with Crippen LogP contribution in [-0.4, -0.2) is 33.7 Å². The summed E-state index contributed by atoms with van der Waals surface area (Å²) < 4.78 is 19.7. The minimum atomic E-state index is -0.428. The summed E-state index contributed by atoms with van der Waals surface area (Å²) >= 11 is 0. The highest BCUT2D eigenvalue weighted by Crippen LogP contribution is 2.10. The monoisotopic (exact) mass is 379 g/mol. The van der Waals surface area contributed by atoms with E-state index < -0.39 is 5.91 Å².